The molecule has 0 radical (unpaired) electrons. The van der Waals surface area contributed by atoms with Crippen LogP contribution in [0.15, 0.2) is 47.4 Å². The number of carbonyl (C=O) groups is 2. The zero-order chi connectivity index (χ0) is 21.7. The van der Waals surface area contributed by atoms with Crippen molar-refractivity contribution in [2.75, 3.05) is 7.11 Å². The lowest BCUT2D eigenvalue weighted by molar-refractivity contribution is -0.142. The fraction of sp³-hybridized carbons (Fsp3) is 0.150. The fourth-order valence-electron chi connectivity index (χ4n) is 2.63. The molecule has 0 bridgehead atoms. The minimum Gasteiger partial charge on any atom is -0.468 e. The zero-order valence-corrected chi connectivity index (χ0v) is 18.8. The van der Waals surface area contributed by atoms with Crippen LogP contribution in [0.4, 0.5) is 0 Å². The Hall–Kier alpha value is -2.10. The summed E-state index contributed by atoms with van der Waals surface area (Å²) in [4.78, 5) is 26.3. The number of hydrogen-bond donors (Lipinski definition) is 2. The highest BCUT2D eigenvalue weighted by atomic mass is 35.5. The Kier molecular flexibility index (Phi) is 7.74. The first-order valence-electron chi connectivity index (χ1n) is 8.65. The van der Waals surface area contributed by atoms with Crippen LogP contribution < -0.4 is 14.9 Å². The summed E-state index contributed by atoms with van der Waals surface area (Å²) in [7, 11) is 1.31. The number of carbonyl (C=O) groups excluding carboxylic acids is 2. The standard InChI is InChI=1S/C20H16Cl2N2O4S2/c1-27-19(26)15(24-22)9-11-2-5-13(6-3-11)28-16-7-4-12(8-14(16)21)10-17-18(25)23-20(29)30-17/h2-8,10,15,24H,9H2,1H3,(H,23,25,29)/b17-10-/t15-/m0/s1. The van der Waals surface area contributed by atoms with E-state index in [9.17, 15) is 9.59 Å². The summed E-state index contributed by atoms with van der Waals surface area (Å²) in [6, 6.07) is 11.8. The van der Waals surface area contributed by atoms with E-state index < -0.39 is 12.0 Å². The topological polar surface area (TPSA) is 76.7 Å². The van der Waals surface area contributed by atoms with E-state index in [0.717, 1.165) is 11.1 Å². The van der Waals surface area contributed by atoms with E-state index in [1.807, 2.05) is 12.1 Å². The monoisotopic (exact) mass is 482 g/mol. The summed E-state index contributed by atoms with van der Waals surface area (Å²) < 4.78 is 11.0. The summed E-state index contributed by atoms with van der Waals surface area (Å²) >= 11 is 18.1. The molecule has 1 aliphatic heterocycles. The maximum absolute atomic E-state index is 11.8. The molecule has 3 rings (SSSR count). The van der Waals surface area contributed by atoms with Crippen molar-refractivity contribution < 1.29 is 19.1 Å². The lowest BCUT2D eigenvalue weighted by Crippen LogP contribution is -2.33. The molecular weight excluding hydrogens is 467 g/mol. The third kappa shape index (κ3) is 5.74. The second kappa shape index (κ2) is 10.3. The SMILES string of the molecule is COC(=O)[C@H](Cc1ccc(Oc2ccc(/C=C3\SC(=S)NC3=O)cc2Cl)cc1)NCl. The normalized spacial score (nSPS) is 15.8. The lowest BCUT2D eigenvalue weighted by Gasteiger charge is -2.13. The van der Waals surface area contributed by atoms with Crippen LogP contribution in [0, 0.1) is 0 Å². The molecule has 30 heavy (non-hydrogen) atoms. The molecule has 1 heterocycles. The molecule has 1 fully saturated rings. The molecule has 1 aliphatic rings. The predicted molar refractivity (Wildman–Crippen MR) is 123 cm³/mol. The van der Waals surface area contributed by atoms with Crippen LogP contribution in [-0.2, 0) is 20.7 Å². The first-order chi connectivity index (χ1) is 14.4. The molecule has 156 valence electrons. The van der Waals surface area contributed by atoms with Gasteiger partial charge in [-0.2, -0.15) is 0 Å². The number of esters is 1. The molecule has 2 aromatic rings. The van der Waals surface area contributed by atoms with Crippen molar-refractivity contribution in [3.05, 3.63) is 63.5 Å². The molecule has 0 spiro atoms. The van der Waals surface area contributed by atoms with E-state index >= 15 is 0 Å². The number of thiocarbonyl (C=S) groups is 1. The van der Waals surface area contributed by atoms with Crippen LogP contribution >= 0.6 is 47.4 Å². The predicted octanol–water partition coefficient (Wildman–Crippen LogP) is 4.45. The van der Waals surface area contributed by atoms with Crippen molar-refractivity contribution in [1.82, 2.24) is 10.2 Å². The van der Waals surface area contributed by atoms with E-state index in [1.165, 1.54) is 18.9 Å². The molecule has 1 atom stereocenters. The minimum absolute atomic E-state index is 0.222. The third-order valence-corrected chi connectivity index (χ3v) is 5.83. The summed E-state index contributed by atoms with van der Waals surface area (Å²) in [6.45, 7) is 0. The number of ether oxygens (including phenoxy) is 2. The van der Waals surface area contributed by atoms with Crippen LogP contribution in [0.3, 0.4) is 0 Å². The average molecular weight is 483 g/mol. The first-order valence-corrected chi connectivity index (χ1v) is 10.6. The van der Waals surface area contributed by atoms with Crippen molar-refractivity contribution in [2.24, 2.45) is 0 Å². The van der Waals surface area contributed by atoms with E-state index in [0.29, 0.717) is 32.2 Å². The number of nitrogens with one attached hydrogen (secondary N) is 2. The molecule has 0 aliphatic carbocycles. The Bertz CT molecular complexity index is 1010. The van der Waals surface area contributed by atoms with Crippen molar-refractivity contribution >= 4 is 69.6 Å². The van der Waals surface area contributed by atoms with Crippen molar-refractivity contribution in [2.45, 2.75) is 12.5 Å². The largest absolute Gasteiger partial charge is 0.468 e. The molecule has 0 unspecified atom stereocenters. The second-order valence-electron chi connectivity index (χ2n) is 6.18. The Morgan fingerprint density at radius 1 is 1.30 bits per heavy atom. The van der Waals surface area contributed by atoms with Crippen molar-refractivity contribution in [3.63, 3.8) is 0 Å². The van der Waals surface area contributed by atoms with E-state index in [1.54, 1.807) is 36.4 Å². The first kappa shape index (κ1) is 22.6. The molecule has 10 heteroatoms. The number of amides is 1. The molecular formula is C20H16Cl2N2O4S2. The molecule has 2 N–H and O–H groups in total. The summed E-state index contributed by atoms with van der Waals surface area (Å²) in [5.41, 5.74) is 1.64. The van der Waals surface area contributed by atoms with E-state index in [-0.39, 0.29) is 5.91 Å². The molecule has 0 aromatic heterocycles. The van der Waals surface area contributed by atoms with Gasteiger partial charge in [-0.1, -0.05) is 53.8 Å². The van der Waals surface area contributed by atoms with Gasteiger partial charge in [0, 0.05) is 0 Å². The van der Waals surface area contributed by atoms with Gasteiger partial charge in [0.05, 0.1) is 17.0 Å². The van der Waals surface area contributed by atoms with Crippen molar-refractivity contribution in [3.8, 4) is 11.5 Å². The van der Waals surface area contributed by atoms with Gasteiger partial charge < -0.3 is 14.8 Å². The molecule has 0 saturated carbocycles. The maximum Gasteiger partial charge on any atom is 0.324 e. The van der Waals surface area contributed by atoms with Crippen LogP contribution in [0.1, 0.15) is 11.1 Å². The number of methoxy groups -OCH3 is 1. The van der Waals surface area contributed by atoms with Crippen LogP contribution in [0.2, 0.25) is 5.02 Å². The molecule has 2 aromatic carbocycles. The Labute approximate surface area is 193 Å². The highest BCUT2D eigenvalue weighted by molar-refractivity contribution is 8.26. The van der Waals surface area contributed by atoms with Gasteiger partial charge in [0.1, 0.15) is 21.9 Å². The molecule has 1 amide bonds. The van der Waals surface area contributed by atoms with E-state index in [4.69, 9.17) is 45.1 Å². The second-order valence-corrected chi connectivity index (χ2v) is 8.52. The number of thioether (sulfide) groups is 1. The number of halogens is 2. The van der Waals surface area contributed by atoms with Gasteiger partial charge in [0.25, 0.3) is 5.91 Å². The highest BCUT2D eigenvalue weighted by Crippen LogP contribution is 2.32. The summed E-state index contributed by atoms with van der Waals surface area (Å²) in [5.74, 6) is 0.388. The van der Waals surface area contributed by atoms with Gasteiger partial charge in [-0.25, -0.2) is 4.84 Å². The van der Waals surface area contributed by atoms with Crippen LogP contribution in [-0.4, -0.2) is 29.3 Å². The van der Waals surface area contributed by atoms with E-state index in [2.05, 4.69) is 10.2 Å². The summed E-state index contributed by atoms with van der Waals surface area (Å²) in [6.07, 6.45) is 2.09. The minimum atomic E-state index is -0.644. The lowest BCUT2D eigenvalue weighted by atomic mass is 10.1. The number of hydrogen-bond acceptors (Lipinski definition) is 7. The summed E-state index contributed by atoms with van der Waals surface area (Å²) in [5, 5.41) is 2.97. The van der Waals surface area contributed by atoms with Gasteiger partial charge >= 0.3 is 5.97 Å². The fourth-order valence-corrected chi connectivity index (χ4v) is 4.07. The Balaban J connectivity index is 1.68. The van der Waals surface area contributed by atoms with Crippen molar-refractivity contribution in [1.29, 1.82) is 0 Å². The van der Waals surface area contributed by atoms with Gasteiger partial charge in [-0.3, -0.25) is 9.59 Å². The third-order valence-electron chi connectivity index (χ3n) is 4.10. The van der Waals surface area contributed by atoms with Gasteiger partial charge in [-0.05, 0) is 59.7 Å². The molecule has 6 nitrogen and oxygen atoms in total. The highest BCUT2D eigenvalue weighted by Gasteiger charge is 2.22. The van der Waals surface area contributed by atoms with Gasteiger partial charge in [0.2, 0.25) is 0 Å². The number of rotatable bonds is 7. The quantitative estimate of drug-likeness (QED) is 0.261. The Morgan fingerprint density at radius 2 is 2.03 bits per heavy atom. The average Bonchev–Trinajstić information content (AvgIpc) is 3.05. The maximum atomic E-state index is 11.8. The van der Waals surface area contributed by atoms with Gasteiger partial charge in [-0.15, -0.1) is 0 Å². The van der Waals surface area contributed by atoms with Crippen LogP contribution in [0.25, 0.3) is 6.08 Å². The zero-order valence-electron chi connectivity index (χ0n) is 15.6. The van der Waals surface area contributed by atoms with Crippen LogP contribution in [0.5, 0.6) is 11.5 Å². The molecule has 1 saturated heterocycles. The van der Waals surface area contributed by atoms with Gasteiger partial charge in [0.15, 0.2) is 0 Å². The smallest absolute Gasteiger partial charge is 0.324 e. The number of benzene rings is 2. The Morgan fingerprint density at radius 3 is 2.60 bits per heavy atom.